The standard InChI is InChI=1S/C24H24N2O5/c27-15-16-5-4-10-25(14-16)22-21(17-6-2-1-3-7-17)23(28)26(24(22)29)18-8-9-19-20(13-18)31-12-11-30-19/h1-3,6-9,13,16,27H,4-5,10-12,14-15H2. The van der Waals surface area contributed by atoms with E-state index in [2.05, 4.69) is 0 Å². The van der Waals surface area contributed by atoms with E-state index in [0.717, 1.165) is 12.8 Å². The lowest BCUT2D eigenvalue weighted by molar-refractivity contribution is -0.120. The number of likely N-dealkylation sites (tertiary alicyclic amines) is 1. The van der Waals surface area contributed by atoms with Gasteiger partial charge in [0.15, 0.2) is 11.5 Å². The molecule has 0 spiro atoms. The number of carbonyl (C=O) groups is 2. The van der Waals surface area contributed by atoms with E-state index in [1.54, 1.807) is 18.2 Å². The molecule has 2 amide bonds. The summed E-state index contributed by atoms with van der Waals surface area (Å²) in [6, 6.07) is 14.4. The minimum atomic E-state index is -0.353. The van der Waals surface area contributed by atoms with Crippen LogP contribution in [-0.4, -0.2) is 54.7 Å². The summed E-state index contributed by atoms with van der Waals surface area (Å²) in [5, 5.41) is 9.66. The summed E-state index contributed by atoms with van der Waals surface area (Å²) >= 11 is 0. The summed E-state index contributed by atoms with van der Waals surface area (Å²) in [5.74, 6) is 0.516. The number of hydrogen-bond acceptors (Lipinski definition) is 6. The Labute approximate surface area is 180 Å². The molecule has 5 rings (SSSR count). The lowest BCUT2D eigenvalue weighted by atomic mass is 9.97. The van der Waals surface area contributed by atoms with E-state index in [1.165, 1.54) is 4.90 Å². The zero-order chi connectivity index (χ0) is 21.4. The highest BCUT2D eigenvalue weighted by atomic mass is 16.6. The summed E-state index contributed by atoms with van der Waals surface area (Å²) in [6.07, 6.45) is 1.78. The van der Waals surface area contributed by atoms with Gasteiger partial charge in [-0.1, -0.05) is 30.3 Å². The second kappa shape index (κ2) is 8.07. The Morgan fingerprint density at radius 1 is 0.968 bits per heavy atom. The van der Waals surface area contributed by atoms with Crippen LogP contribution in [0.25, 0.3) is 5.57 Å². The molecule has 2 aromatic carbocycles. The summed E-state index contributed by atoms with van der Waals surface area (Å²) < 4.78 is 11.2. The first kappa shape index (κ1) is 19.6. The number of anilines is 1. The number of carbonyl (C=O) groups excluding carboxylic acids is 2. The Balaban J connectivity index is 1.57. The quantitative estimate of drug-likeness (QED) is 0.766. The molecule has 31 heavy (non-hydrogen) atoms. The highest BCUT2D eigenvalue weighted by Crippen LogP contribution is 2.40. The smallest absolute Gasteiger partial charge is 0.282 e. The molecular weight excluding hydrogens is 396 g/mol. The topological polar surface area (TPSA) is 79.3 Å². The molecule has 7 nitrogen and oxygen atoms in total. The third-order valence-electron chi connectivity index (χ3n) is 6.00. The maximum Gasteiger partial charge on any atom is 0.282 e. The third kappa shape index (κ3) is 3.45. The zero-order valence-corrected chi connectivity index (χ0v) is 17.1. The van der Waals surface area contributed by atoms with Crippen LogP contribution in [0.5, 0.6) is 11.5 Å². The average molecular weight is 420 g/mol. The largest absolute Gasteiger partial charge is 0.486 e. The van der Waals surface area contributed by atoms with Gasteiger partial charge in [-0.05, 0) is 36.5 Å². The van der Waals surface area contributed by atoms with E-state index in [0.29, 0.717) is 60.3 Å². The van der Waals surface area contributed by atoms with E-state index < -0.39 is 0 Å². The molecule has 1 saturated heterocycles. The number of aliphatic hydroxyl groups excluding tert-OH is 1. The Morgan fingerprint density at radius 2 is 1.74 bits per heavy atom. The third-order valence-corrected chi connectivity index (χ3v) is 6.00. The number of rotatable bonds is 4. The van der Waals surface area contributed by atoms with E-state index in [9.17, 15) is 14.7 Å². The van der Waals surface area contributed by atoms with Crippen LogP contribution in [0.1, 0.15) is 18.4 Å². The van der Waals surface area contributed by atoms with Crippen LogP contribution in [0.3, 0.4) is 0 Å². The molecule has 3 aliphatic rings. The van der Waals surface area contributed by atoms with Gasteiger partial charge in [0.05, 0.1) is 11.3 Å². The molecule has 0 radical (unpaired) electrons. The monoisotopic (exact) mass is 420 g/mol. The number of amides is 2. The van der Waals surface area contributed by atoms with Crippen molar-refractivity contribution in [1.29, 1.82) is 0 Å². The summed E-state index contributed by atoms with van der Waals surface area (Å²) in [5.41, 5.74) is 1.98. The molecule has 1 fully saturated rings. The van der Waals surface area contributed by atoms with Crippen molar-refractivity contribution >= 4 is 23.1 Å². The number of benzene rings is 2. The molecule has 3 aliphatic heterocycles. The molecule has 1 atom stereocenters. The molecule has 1 N–H and O–H groups in total. The van der Waals surface area contributed by atoms with E-state index >= 15 is 0 Å². The van der Waals surface area contributed by atoms with Gasteiger partial charge in [0.25, 0.3) is 11.8 Å². The van der Waals surface area contributed by atoms with Crippen LogP contribution in [-0.2, 0) is 9.59 Å². The van der Waals surface area contributed by atoms with Crippen LogP contribution in [0, 0.1) is 5.92 Å². The van der Waals surface area contributed by atoms with Crippen molar-refractivity contribution in [2.24, 2.45) is 5.92 Å². The van der Waals surface area contributed by atoms with Crippen LogP contribution in [0.4, 0.5) is 5.69 Å². The normalized spacial score (nSPS) is 21.1. The summed E-state index contributed by atoms with van der Waals surface area (Å²) in [7, 11) is 0. The Hall–Kier alpha value is -3.32. The minimum Gasteiger partial charge on any atom is -0.486 e. The fraction of sp³-hybridized carbons (Fsp3) is 0.333. The van der Waals surface area contributed by atoms with Gasteiger partial charge in [-0.25, -0.2) is 4.90 Å². The molecular formula is C24H24N2O5. The van der Waals surface area contributed by atoms with Crippen molar-refractivity contribution in [1.82, 2.24) is 4.90 Å². The van der Waals surface area contributed by atoms with E-state index in [4.69, 9.17) is 9.47 Å². The van der Waals surface area contributed by atoms with Crippen LogP contribution in [0.15, 0.2) is 54.2 Å². The van der Waals surface area contributed by atoms with Gasteiger partial charge < -0.3 is 19.5 Å². The van der Waals surface area contributed by atoms with Crippen LogP contribution in [0.2, 0.25) is 0 Å². The van der Waals surface area contributed by atoms with Gasteiger partial charge in [-0.2, -0.15) is 0 Å². The molecule has 0 aliphatic carbocycles. The van der Waals surface area contributed by atoms with Crippen molar-refractivity contribution < 1.29 is 24.2 Å². The molecule has 0 bridgehead atoms. The molecule has 0 saturated carbocycles. The van der Waals surface area contributed by atoms with Crippen LogP contribution >= 0.6 is 0 Å². The first-order chi connectivity index (χ1) is 15.2. The number of piperidine rings is 1. The fourth-order valence-corrected chi connectivity index (χ4v) is 4.50. The van der Waals surface area contributed by atoms with Gasteiger partial charge in [0.1, 0.15) is 18.9 Å². The van der Waals surface area contributed by atoms with Crippen molar-refractivity contribution in [2.45, 2.75) is 12.8 Å². The van der Waals surface area contributed by atoms with E-state index in [-0.39, 0.29) is 24.3 Å². The second-order valence-electron chi connectivity index (χ2n) is 8.00. The number of ether oxygens (including phenoxy) is 2. The summed E-state index contributed by atoms with van der Waals surface area (Å²) in [6.45, 7) is 2.19. The van der Waals surface area contributed by atoms with Crippen molar-refractivity contribution in [3.8, 4) is 11.5 Å². The maximum atomic E-state index is 13.6. The second-order valence-corrected chi connectivity index (χ2v) is 8.00. The minimum absolute atomic E-state index is 0.0679. The van der Waals surface area contributed by atoms with Gasteiger partial charge in [0.2, 0.25) is 0 Å². The lowest BCUT2D eigenvalue weighted by Crippen LogP contribution is -2.40. The van der Waals surface area contributed by atoms with Gasteiger partial charge in [-0.15, -0.1) is 0 Å². The maximum absolute atomic E-state index is 13.6. The summed E-state index contributed by atoms with van der Waals surface area (Å²) in [4.78, 5) is 30.4. The predicted octanol–water partition coefficient (Wildman–Crippen LogP) is 2.45. The molecule has 160 valence electrons. The Bertz CT molecular complexity index is 1050. The molecule has 1 unspecified atom stereocenters. The SMILES string of the molecule is O=C1C(c2ccccc2)=C(N2CCCC(CO)C2)C(=O)N1c1ccc2c(c1)OCCO2. The highest BCUT2D eigenvalue weighted by molar-refractivity contribution is 6.45. The number of imide groups is 1. The first-order valence-electron chi connectivity index (χ1n) is 10.6. The zero-order valence-electron chi connectivity index (χ0n) is 17.1. The first-order valence-corrected chi connectivity index (χ1v) is 10.6. The predicted molar refractivity (Wildman–Crippen MR) is 115 cm³/mol. The Morgan fingerprint density at radius 3 is 2.52 bits per heavy atom. The van der Waals surface area contributed by atoms with Gasteiger partial charge in [-0.3, -0.25) is 9.59 Å². The lowest BCUT2D eigenvalue weighted by Gasteiger charge is -2.34. The Kier molecular flexibility index (Phi) is 5.11. The van der Waals surface area contributed by atoms with Crippen molar-refractivity contribution in [3.63, 3.8) is 0 Å². The highest BCUT2D eigenvalue weighted by Gasteiger charge is 2.43. The molecule has 2 aromatic rings. The van der Waals surface area contributed by atoms with Gasteiger partial charge in [0, 0.05) is 25.8 Å². The van der Waals surface area contributed by atoms with Gasteiger partial charge >= 0.3 is 0 Å². The average Bonchev–Trinajstić information content (AvgIpc) is 3.09. The number of aliphatic hydroxyl groups is 1. The molecule has 3 heterocycles. The van der Waals surface area contributed by atoms with Crippen LogP contribution < -0.4 is 14.4 Å². The number of nitrogens with zero attached hydrogens (tertiary/aromatic N) is 2. The fourth-order valence-electron chi connectivity index (χ4n) is 4.50. The number of hydrogen-bond donors (Lipinski definition) is 1. The molecule has 7 heteroatoms. The van der Waals surface area contributed by atoms with Crippen molar-refractivity contribution in [2.75, 3.05) is 37.8 Å². The molecule has 0 aromatic heterocycles. The van der Waals surface area contributed by atoms with E-state index in [1.807, 2.05) is 35.2 Å². The number of fused-ring (bicyclic) bond motifs is 1. The van der Waals surface area contributed by atoms with Crippen molar-refractivity contribution in [3.05, 3.63) is 59.8 Å².